The molecule has 0 aliphatic heterocycles. The van der Waals surface area contributed by atoms with Crippen molar-refractivity contribution in [3.05, 3.63) is 83.7 Å². The second kappa shape index (κ2) is 11.7. The van der Waals surface area contributed by atoms with Gasteiger partial charge in [0, 0.05) is 6.04 Å². The molecule has 0 amide bonds. The van der Waals surface area contributed by atoms with Crippen molar-refractivity contribution in [2.45, 2.75) is 72.0 Å². The first-order valence-electron chi connectivity index (χ1n) is 12.6. The Morgan fingerprint density at radius 2 is 1.70 bits per heavy atom. The van der Waals surface area contributed by atoms with Crippen molar-refractivity contribution in [2.24, 2.45) is 5.41 Å². The highest BCUT2D eigenvalue weighted by Gasteiger charge is 2.34. The van der Waals surface area contributed by atoms with E-state index in [2.05, 4.69) is 62.0 Å². The zero-order valence-corrected chi connectivity index (χ0v) is 22.7. The summed E-state index contributed by atoms with van der Waals surface area (Å²) >= 11 is 0. The minimum absolute atomic E-state index is 0.0491. The van der Waals surface area contributed by atoms with E-state index in [-0.39, 0.29) is 17.4 Å². The predicted molar refractivity (Wildman–Crippen MR) is 144 cm³/mol. The molecule has 1 aromatic heterocycles. The Kier molecular flexibility index (Phi) is 8.86. The molecule has 0 aliphatic rings. The number of hydrogen-bond acceptors (Lipinski definition) is 6. The number of aryl methyl sites for hydroxylation is 1. The SMILES string of the molecule is C=CCOc1ccc(C(NC(CC(=O)O)c2ccc(C)cc2)c2nnnn2C(C)(C)CC(C)(C)C)cc1. The Bertz CT molecular complexity index is 1180. The van der Waals surface area contributed by atoms with Crippen LogP contribution in [0.5, 0.6) is 5.75 Å². The van der Waals surface area contributed by atoms with Crippen LogP contribution in [-0.2, 0) is 10.3 Å². The topological polar surface area (TPSA) is 102 Å². The summed E-state index contributed by atoms with van der Waals surface area (Å²) in [5.74, 6) is 0.449. The molecular weight excluding hydrogens is 466 g/mol. The van der Waals surface area contributed by atoms with Crippen LogP contribution in [0.1, 0.15) is 82.1 Å². The van der Waals surface area contributed by atoms with Gasteiger partial charge in [0.2, 0.25) is 0 Å². The van der Waals surface area contributed by atoms with Crippen LogP contribution < -0.4 is 10.1 Å². The Balaban J connectivity index is 2.08. The highest BCUT2D eigenvalue weighted by molar-refractivity contribution is 5.68. The third-order valence-electron chi connectivity index (χ3n) is 6.10. The molecule has 0 spiro atoms. The number of aromatic nitrogens is 4. The zero-order valence-electron chi connectivity index (χ0n) is 22.7. The van der Waals surface area contributed by atoms with Gasteiger partial charge in [-0.25, -0.2) is 4.68 Å². The normalized spacial score (nSPS) is 13.7. The van der Waals surface area contributed by atoms with Crippen LogP contribution in [0.15, 0.2) is 61.2 Å². The third-order valence-corrected chi connectivity index (χ3v) is 6.10. The molecular formula is C29H39N5O3. The summed E-state index contributed by atoms with van der Waals surface area (Å²) in [6.45, 7) is 16.9. The molecule has 2 N–H and O–H groups in total. The fraction of sp³-hybridized carbons (Fsp3) is 0.448. The highest BCUT2D eigenvalue weighted by atomic mass is 16.5. The van der Waals surface area contributed by atoms with Crippen molar-refractivity contribution in [3.63, 3.8) is 0 Å². The van der Waals surface area contributed by atoms with Gasteiger partial charge in [0.25, 0.3) is 0 Å². The van der Waals surface area contributed by atoms with Gasteiger partial charge in [-0.15, -0.1) is 5.10 Å². The zero-order chi connectivity index (χ0) is 27.2. The van der Waals surface area contributed by atoms with E-state index in [4.69, 9.17) is 4.74 Å². The highest BCUT2D eigenvalue weighted by Crippen LogP contribution is 2.35. The molecule has 0 saturated heterocycles. The minimum atomic E-state index is -0.891. The number of aliphatic carboxylic acids is 1. The van der Waals surface area contributed by atoms with E-state index in [1.54, 1.807) is 6.08 Å². The number of carboxylic acids is 1. The maximum absolute atomic E-state index is 11.9. The second-order valence-electron chi connectivity index (χ2n) is 11.3. The fourth-order valence-electron chi connectivity index (χ4n) is 4.86. The minimum Gasteiger partial charge on any atom is -0.490 e. The maximum Gasteiger partial charge on any atom is 0.305 e. The third kappa shape index (κ3) is 7.73. The van der Waals surface area contributed by atoms with Crippen molar-refractivity contribution < 1.29 is 14.6 Å². The lowest BCUT2D eigenvalue weighted by atomic mass is 9.81. The van der Waals surface area contributed by atoms with Gasteiger partial charge < -0.3 is 9.84 Å². The van der Waals surface area contributed by atoms with Gasteiger partial charge in [-0.1, -0.05) is 75.4 Å². The van der Waals surface area contributed by atoms with Crippen molar-refractivity contribution in [1.29, 1.82) is 0 Å². The molecule has 0 aliphatic carbocycles. The van der Waals surface area contributed by atoms with Crippen LogP contribution in [0.4, 0.5) is 0 Å². The molecule has 1 heterocycles. The summed E-state index contributed by atoms with van der Waals surface area (Å²) in [6, 6.07) is 14.7. The molecule has 2 unspecified atom stereocenters. The Labute approximate surface area is 219 Å². The first-order valence-corrected chi connectivity index (χ1v) is 12.6. The standard InChI is InChI=1S/C29H39N5O3/c1-8-17-37-23-15-13-22(14-16-23)26(27-31-32-33-34(27)29(6,7)19-28(3,4)5)30-24(18-25(35)36)21-11-9-20(2)10-12-21/h8-16,24,26,30H,1,17-19H2,2-7H3,(H,35,36). The smallest absolute Gasteiger partial charge is 0.305 e. The van der Waals surface area contributed by atoms with Crippen molar-refractivity contribution >= 4 is 5.97 Å². The quantitative estimate of drug-likeness (QED) is 0.308. The Morgan fingerprint density at radius 1 is 1.08 bits per heavy atom. The number of rotatable bonds is 12. The van der Waals surface area contributed by atoms with Gasteiger partial charge >= 0.3 is 5.97 Å². The van der Waals surface area contributed by atoms with E-state index in [9.17, 15) is 9.90 Å². The van der Waals surface area contributed by atoms with Crippen molar-refractivity contribution in [2.75, 3.05) is 6.61 Å². The summed E-state index contributed by atoms with van der Waals surface area (Å²) in [6.07, 6.45) is 2.45. The lowest BCUT2D eigenvalue weighted by Crippen LogP contribution is -2.38. The van der Waals surface area contributed by atoms with Crippen LogP contribution >= 0.6 is 0 Å². The van der Waals surface area contributed by atoms with E-state index in [1.807, 2.05) is 60.1 Å². The average Bonchev–Trinajstić information content (AvgIpc) is 3.30. The molecule has 3 rings (SSSR count). The number of tetrazole rings is 1. The molecule has 0 fully saturated rings. The van der Waals surface area contributed by atoms with E-state index in [1.165, 1.54) is 0 Å². The average molecular weight is 506 g/mol. The Morgan fingerprint density at radius 3 is 2.27 bits per heavy atom. The van der Waals surface area contributed by atoms with Crippen LogP contribution in [0.2, 0.25) is 0 Å². The number of carbonyl (C=O) groups is 1. The summed E-state index contributed by atoms with van der Waals surface area (Å²) < 4.78 is 7.53. The lowest BCUT2D eigenvalue weighted by molar-refractivity contribution is -0.137. The van der Waals surface area contributed by atoms with E-state index < -0.39 is 18.1 Å². The van der Waals surface area contributed by atoms with Gasteiger partial charge in [0.1, 0.15) is 12.4 Å². The largest absolute Gasteiger partial charge is 0.490 e. The van der Waals surface area contributed by atoms with Gasteiger partial charge in [-0.3, -0.25) is 10.1 Å². The van der Waals surface area contributed by atoms with Crippen molar-refractivity contribution in [1.82, 2.24) is 25.5 Å². The van der Waals surface area contributed by atoms with Crippen LogP contribution in [0, 0.1) is 12.3 Å². The van der Waals surface area contributed by atoms with Gasteiger partial charge in [0.15, 0.2) is 5.82 Å². The number of nitrogens with one attached hydrogen (secondary N) is 1. The summed E-state index contributed by atoms with van der Waals surface area (Å²) in [4.78, 5) is 11.9. The molecule has 2 atom stereocenters. The van der Waals surface area contributed by atoms with Gasteiger partial charge in [0.05, 0.1) is 18.0 Å². The fourth-order valence-corrected chi connectivity index (χ4v) is 4.86. The van der Waals surface area contributed by atoms with E-state index in [0.717, 1.165) is 28.9 Å². The number of benzene rings is 2. The molecule has 2 aromatic carbocycles. The van der Waals surface area contributed by atoms with E-state index in [0.29, 0.717) is 12.4 Å². The number of hydrogen-bond donors (Lipinski definition) is 2. The summed E-state index contributed by atoms with van der Waals surface area (Å²) in [5.41, 5.74) is 2.56. The van der Waals surface area contributed by atoms with Crippen molar-refractivity contribution in [3.8, 4) is 5.75 Å². The molecule has 0 saturated carbocycles. The van der Waals surface area contributed by atoms with Crippen LogP contribution in [0.3, 0.4) is 0 Å². The lowest BCUT2D eigenvalue weighted by Gasteiger charge is -2.34. The summed E-state index contributed by atoms with van der Waals surface area (Å²) in [5, 5.41) is 26.2. The predicted octanol–water partition coefficient (Wildman–Crippen LogP) is 5.61. The second-order valence-corrected chi connectivity index (χ2v) is 11.3. The van der Waals surface area contributed by atoms with Crippen LogP contribution in [-0.4, -0.2) is 37.9 Å². The van der Waals surface area contributed by atoms with Gasteiger partial charge in [-0.05, 0) is 66.3 Å². The monoisotopic (exact) mass is 505 g/mol. The molecule has 8 nitrogen and oxygen atoms in total. The molecule has 37 heavy (non-hydrogen) atoms. The molecule has 0 radical (unpaired) electrons. The molecule has 8 heteroatoms. The molecule has 0 bridgehead atoms. The molecule has 198 valence electrons. The maximum atomic E-state index is 11.9. The first kappa shape index (κ1) is 28.1. The summed E-state index contributed by atoms with van der Waals surface area (Å²) in [7, 11) is 0. The van der Waals surface area contributed by atoms with E-state index >= 15 is 0 Å². The number of nitrogens with zero attached hydrogens (tertiary/aromatic N) is 4. The number of carboxylic acid groups (broad SMARTS) is 1. The Hall–Kier alpha value is -3.52. The first-order chi connectivity index (χ1) is 17.4. The van der Waals surface area contributed by atoms with Crippen LogP contribution in [0.25, 0.3) is 0 Å². The van der Waals surface area contributed by atoms with Gasteiger partial charge in [-0.2, -0.15) is 0 Å². The number of ether oxygens (including phenoxy) is 1. The molecule has 3 aromatic rings.